The monoisotopic (exact) mass is 378 g/mol. The summed E-state index contributed by atoms with van der Waals surface area (Å²) < 4.78 is 5.18. The summed E-state index contributed by atoms with van der Waals surface area (Å²) in [6.45, 7) is 1.37. The van der Waals surface area contributed by atoms with Crippen molar-refractivity contribution in [2.24, 2.45) is 0 Å². The zero-order valence-corrected chi connectivity index (χ0v) is 16.1. The number of likely N-dealkylation sites (tertiary alicyclic amines) is 1. The van der Waals surface area contributed by atoms with Gasteiger partial charge in [-0.3, -0.25) is 0 Å². The molecule has 1 aliphatic rings. The van der Waals surface area contributed by atoms with Gasteiger partial charge in [0.05, 0.1) is 24.2 Å². The first-order valence-electron chi connectivity index (χ1n) is 9.86. The topological polar surface area (TPSA) is 70.2 Å². The molecule has 2 heterocycles. The van der Waals surface area contributed by atoms with Crippen molar-refractivity contribution < 1.29 is 9.53 Å². The zero-order chi connectivity index (χ0) is 19.3. The lowest BCUT2D eigenvalue weighted by molar-refractivity contribution is 0.148. The Kier molecular flexibility index (Phi) is 5.46. The molecule has 0 aliphatic carbocycles. The van der Waals surface area contributed by atoms with Crippen molar-refractivity contribution in [2.45, 2.75) is 31.7 Å². The van der Waals surface area contributed by atoms with Gasteiger partial charge in [-0.1, -0.05) is 24.3 Å². The van der Waals surface area contributed by atoms with Crippen molar-refractivity contribution in [3.8, 4) is 5.75 Å². The second kappa shape index (κ2) is 8.33. The average molecular weight is 378 g/mol. The summed E-state index contributed by atoms with van der Waals surface area (Å²) in [5.41, 5.74) is 3.14. The maximum Gasteiger partial charge on any atom is 0.318 e. The maximum absolute atomic E-state index is 12.8. The minimum Gasteiger partial charge on any atom is -0.497 e. The van der Waals surface area contributed by atoms with Gasteiger partial charge in [0.1, 0.15) is 11.6 Å². The van der Waals surface area contributed by atoms with Gasteiger partial charge in [-0.25, -0.2) is 9.78 Å². The fourth-order valence-corrected chi connectivity index (χ4v) is 3.80. The summed E-state index contributed by atoms with van der Waals surface area (Å²) in [6, 6.07) is 15.9. The van der Waals surface area contributed by atoms with E-state index in [4.69, 9.17) is 9.72 Å². The van der Waals surface area contributed by atoms with E-state index in [1.165, 1.54) is 5.56 Å². The fraction of sp³-hybridized carbons (Fsp3) is 0.364. The van der Waals surface area contributed by atoms with Crippen LogP contribution >= 0.6 is 0 Å². The first-order valence-corrected chi connectivity index (χ1v) is 9.86. The highest BCUT2D eigenvalue weighted by molar-refractivity contribution is 5.76. The number of hydrogen-bond donors (Lipinski definition) is 2. The standard InChI is InChI=1S/C22H26N4O2/c1-28-17-11-9-16(10-12-17)13-14-23-22(27)26-15-5-4-8-20(26)21-24-18-6-2-3-7-19(18)25-21/h2-3,6-7,9-12,20H,4-5,8,13-15H2,1H3,(H,23,27)(H,24,25)/t20-/m0/s1. The van der Waals surface area contributed by atoms with Crippen molar-refractivity contribution in [1.29, 1.82) is 0 Å². The van der Waals surface area contributed by atoms with E-state index in [-0.39, 0.29) is 12.1 Å². The number of rotatable bonds is 5. The number of imidazole rings is 1. The Morgan fingerprint density at radius 1 is 1.21 bits per heavy atom. The van der Waals surface area contributed by atoms with Crippen LogP contribution < -0.4 is 10.1 Å². The molecule has 0 bridgehead atoms. The van der Waals surface area contributed by atoms with Crippen LogP contribution in [0.2, 0.25) is 0 Å². The Labute approximate surface area is 164 Å². The lowest BCUT2D eigenvalue weighted by Gasteiger charge is -2.34. The third kappa shape index (κ3) is 3.96. The molecule has 28 heavy (non-hydrogen) atoms. The van der Waals surface area contributed by atoms with Crippen molar-refractivity contribution in [3.63, 3.8) is 0 Å². The molecular weight excluding hydrogens is 352 g/mol. The largest absolute Gasteiger partial charge is 0.497 e. The van der Waals surface area contributed by atoms with Crippen molar-refractivity contribution in [3.05, 3.63) is 59.9 Å². The van der Waals surface area contributed by atoms with Gasteiger partial charge in [0.2, 0.25) is 0 Å². The lowest BCUT2D eigenvalue weighted by Crippen LogP contribution is -2.45. The molecule has 6 nitrogen and oxygen atoms in total. The Morgan fingerprint density at radius 3 is 2.82 bits per heavy atom. The van der Waals surface area contributed by atoms with E-state index >= 15 is 0 Å². The van der Waals surface area contributed by atoms with Crippen LogP contribution in [-0.4, -0.2) is 41.1 Å². The number of hydrogen-bond acceptors (Lipinski definition) is 3. The molecule has 1 saturated heterocycles. The SMILES string of the molecule is COc1ccc(CCNC(=O)N2CCCC[C@H]2c2nc3ccccc3[nH]2)cc1. The molecule has 2 N–H and O–H groups in total. The number of H-pyrrole nitrogens is 1. The highest BCUT2D eigenvalue weighted by Gasteiger charge is 2.30. The third-order valence-corrected chi connectivity index (χ3v) is 5.34. The minimum atomic E-state index is -0.0151. The van der Waals surface area contributed by atoms with Crippen LogP contribution in [0.15, 0.2) is 48.5 Å². The molecule has 3 aromatic rings. The van der Waals surface area contributed by atoms with E-state index in [9.17, 15) is 4.79 Å². The second-order valence-electron chi connectivity index (χ2n) is 7.17. The Hall–Kier alpha value is -3.02. The van der Waals surface area contributed by atoms with Crippen LogP contribution in [0.5, 0.6) is 5.75 Å². The highest BCUT2D eigenvalue weighted by Crippen LogP contribution is 2.30. The minimum absolute atomic E-state index is 0.00198. The number of para-hydroxylation sites is 2. The molecular formula is C22H26N4O2. The number of carbonyl (C=O) groups excluding carboxylic acids is 1. The highest BCUT2D eigenvalue weighted by atomic mass is 16.5. The number of urea groups is 1. The van der Waals surface area contributed by atoms with Crippen molar-refractivity contribution >= 4 is 17.1 Å². The first kappa shape index (κ1) is 18.3. The van der Waals surface area contributed by atoms with Crippen molar-refractivity contribution in [1.82, 2.24) is 20.2 Å². The number of nitrogens with one attached hydrogen (secondary N) is 2. The summed E-state index contributed by atoms with van der Waals surface area (Å²) in [7, 11) is 1.66. The van der Waals surface area contributed by atoms with Crippen LogP contribution in [0.25, 0.3) is 11.0 Å². The molecule has 1 atom stereocenters. The Morgan fingerprint density at radius 2 is 2.04 bits per heavy atom. The van der Waals surface area contributed by atoms with Crippen LogP contribution in [-0.2, 0) is 6.42 Å². The number of fused-ring (bicyclic) bond motifs is 1. The van der Waals surface area contributed by atoms with Gasteiger partial charge < -0.3 is 19.9 Å². The van der Waals surface area contributed by atoms with E-state index in [1.54, 1.807) is 7.11 Å². The molecule has 0 spiro atoms. The van der Waals surface area contributed by atoms with E-state index in [1.807, 2.05) is 53.4 Å². The predicted octanol–water partition coefficient (Wildman–Crippen LogP) is 4.05. The number of carbonyl (C=O) groups is 1. The Balaban J connectivity index is 1.39. The number of amides is 2. The number of benzene rings is 2. The number of piperidine rings is 1. The second-order valence-corrected chi connectivity index (χ2v) is 7.17. The smallest absolute Gasteiger partial charge is 0.318 e. The molecule has 1 fully saturated rings. The van der Waals surface area contributed by atoms with Crippen LogP contribution in [0.4, 0.5) is 4.79 Å². The number of aromatic nitrogens is 2. The zero-order valence-electron chi connectivity index (χ0n) is 16.1. The van der Waals surface area contributed by atoms with E-state index < -0.39 is 0 Å². The summed E-state index contributed by atoms with van der Waals surface area (Å²) in [6.07, 6.45) is 3.87. The Bertz CT molecular complexity index is 902. The first-order chi connectivity index (χ1) is 13.7. The number of methoxy groups -OCH3 is 1. The molecule has 0 saturated carbocycles. The van der Waals surface area contributed by atoms with Gasteiger partial charge in [-0.2, -0.15) is 0 Å². The van der Waals surface area contributed by atoms with Gasteiger partial charge in [-0.15, -0.1) is 0 Å². The molecule has 0 radical (unpaired) electrons. The van der Waals surface area contributed by atoms with E-state index in [0.29, 0.717) is 6.54 Å². The summed E-state index contributed by atoms with van der Waals surface area (Å²) in [4.78, 5) is 22.9. The van der Waals surface area contributed by atoms with Crippen LogP contribution in [0.3, 0.4) is 0 Å². The molecule has 4 rings (SSSR count). The van der Waals surface area contributed by atoms with Gasteiger partial charge in [0, 0.05) is 13.1 Å². The van der Waals surface area contributed by atoms with E-state index in [0.717, 1.165) is 54.8 Å². The van der Waals surface area contributed by atoms with E-state index in [2.05, 4.69) is 10.3 Å². The normalized spacial score (nSPS) is 16.9. The van der Waals surface area contributed by atoms with Gasteiger partial charge in [0.15, 0.2) is 0 Å². The number of aromatic amines is 1. The summed E-state index contributed by atoms with van der Waals surface area (Å²) in [5.74, 6) is 1.72. The summed E-state index contributed by atoms with van der Waals surface area (Å²) >= 11 is 0. The maximum atomic E-state index is 12.8. The molecule has 0 unspecified atom stereocenters. The lowest BCUT2D eigenvalue weighted by atomic mass is 10.0. The summed E-state index contributed by atoms with van der Waals surface area (Å²) in [5, 5.41) is 3.08. The quantitative estimate of drug-likeness (QED) is 0.704. The predicted molar refractivity (Wildman–Crippen MR) is 109 cm³/mol. The fourth-order valence-electron chi connectivity index (χ4n) is 3.80. The van der Waals surface area contributed by atoms with Crippen LogP contribution in [0.1, 0.15) is 36.7 Å². The molecule has 1 aromatic heterocycles. The molecule has 2 aromatic carbocycles. The third-order valence-electron chi connectivity index (χ3n) is 5.34. The van der Waals surface area contributed by atoms with Crippen LogP contribution in [0, 0.1) is 0 Å². The van der Waals surface area contributed by atoms with Gasteiger partial charge >= 0.3 is 6.03 Å². The molecule has 2 amide bonds. The molecule has 1 aliphatic heterocycles. The molecule has 146 valence electrons. The number of nitrogens with zero attached hydrogens (tertiary/aromatic N) is 2. The molecule has 6 heteroatoms. The average Bonchev–Trinajstić information content (AvgIpc) is 3.18. The van der Waals surface area contributed by atoms with Gasteiger partial charge in [-0.05, 0) is 55.5 Å². The number of ether oxygens (including phenoxy) is 1. The van der Waals surface area contributed by atoms with Crippen molar-refractivity contribution in [2.75, 3.05) is 20.2 Å². The van der Waals surface area contributed by atoms with Gasteiger partial charge in [0.25, 0.3) is 0 Å².